The van der Waals surface area contributed by atoms with Gasteiger partial charge >= 0.3 is 5.97 Å². The van der Waals surface area contributed by atoms with Gasteiger partial charge in [0.05, 0.1) is 17.9 Å². The number of ether oxygens (including phenoxy) is 1. The van der Waals surface area contributed by atoms with Gasteiger partial charge in [-0.1, -0.05) is 17.8 Å². The quantitative estimate of drug-likeness (QED) is 0.389. The number of hydrogen-bond donors (Lipinski definition) is 1. The van der Waals surface area contributed by atoms with Crippen LogP contribution in [0, 0.1) is 6.92 Å². The van der Waals surface area contributed by atoms with Crippen LogP contribution in [0.25, 0.3) is 0 Å². The zero-order valence-corrected chi connectivity index (χ0v) is 17.0. The Labute approximate surface area is 166 Å². The third-order valence-corrected chi connectivity index (χ3v) is 6.00. The minimum absolute atomic E-state index is 0.175. The van der Waals surface area contributed by atoms with Crippen LogP contribution in [0.15, 0.2) is 23.2 Å². The lowest BCUT2D eigenvalue weighted by Crippen LogP contribution is -2.17. The number of thiophene rings is 1. The van der Waals surface area contributed by atoms with Crippen molar-refractivity contribution < 1.29 is 14.3 Å². The van der Waals surface area contributed by atoms with Gasteiger partial charge in [0.15, 0.2) is 5.16 Å². The molecule has 3 rings (SSSR count). The molecule has 0 spiro atoms. The monoisotopic (exact) mass is 406 g/mol. The molecule has 2 aromatic rings. The van der Waals surface area contributed by atoms with E-state index >= 15 is 0 Å². The Kier molecular flexibility index (Phi) is 6.33. The molecule has 27 heavy (non-hydrogen) atoms. The summed E-state index contributed by atoms with van der Waals surface area (Å²) in [6.45, 7) is 8.25. The zero-order valence-electron chi connectivity index (χ0n) is 15.4. The highest BCUT2D eigenvalue weighted by Crippen LogP contribution is 2.46. The highest BCUT2D eigenvalue weighted by atomic mass is 32.2. The fourth-order valence-corrected chi connectivity index (χ4v) is 4.51. The average molecular weight is 407 g/mol. The van der Waals surface area contributed by atoms with Crippen LogP contribution in [0.2, 0.25) is 0 Å². The van der Waals surface area contributed by atoms with Gasteiger partial charge in [-0.2, -0.15) is 0 Å². The first kappa shape index (κ1) is 19.6. The van der Waals surface area contributed by atoms with E-state index < -0.39 is 0 Å². The number of nitrogens with one attached hydrogen (secondary N) is 1. The van der Waals surface area contributed by atoms with E-state index in [0.29, 0.717) is 34.8 Å². The first-order chi connectivity index (χ1) is 13.0. The van der Waals surface area contributed by atoms with Crippen molar-refractivity contribution >= 4 is 40.0 Å². The molecule has 144 valence electrons. The molecule has 1 aliphatic rings. The Balaban J connectivity index is 1.67. The molecule has 1 saturated carbocycles. The van der Waals surface area contributed by atoms with E-state index in [2.05, 4.69) is 22.1 Å². The predicted molar refractivity (Wildman–Crippen MR) is 107 cm³/mol. The van der Waals surface area contributed by atoms with Gasteiger partial charge in [-0.3, -0.25) is 4.79 Å². The van der Waals surface area contributed by atoms with E-state index in [1.54, 1.807) is 13.0 Å². The van der Waals surface area contributed by atoms with Crippen molar-refractivity contribution in [2.45, 2.75) is 44.3 Å². The number of thioether (sulfide) groups is 1. The summed E-state index contributed by atoms with van der Waals surface area (Å²) >= 11 is 2.68. The van der Waals surface area contributed by atoms with Gasteiger partial charge in [0.25, 0.3) is 0 Å². The molecule has 0 radical (unpaired) electrons. The molecular weight excluding hydrogens is 384 g/mol. The summed E-state index contributed by atoms with van der Waals surface area (Å²) in [5.74, 6) is 0.787. The van der Waals surface area contributed by atoms with Crippen molar-refractivity contribution in [3.63, 3.8) is 0 Å². The summed E-state index contributed by atoms with van der Waals surface area (Å²) in [7, 11) is 0. The van der Waals surface area contributed by atoms with Crippen LogP contribution < -0.4 is 5.32 Å². The Bertz CT molecular complexity index is 855. The van der Waals surface area contributed by atoms with Crippen LogP contribution in [-0.2, 0) is 16.1 Å². The van der Waals surface area contributed by atoms with Gasteiger partial charge in [0, 0.05) is 6.54 Å². The van der Waals surface area contributed by atoms with Gasteiger partial charge in [-0.15, -0.1) is 28.1 Å². The van der Waals surface area contributed by atoms with Gasteiger partial charge in [-0.25, -0.2) is 4.79 Å². The molecule has 0 aromatic carbocycles. The average Bonchev–Trinajstić information content (AvgIpc) is 3.31. The van der Waals surface area contributed by atoms with Gasteiger partial charge in [0.1, 0.15) is 10.8 Å². The summed E-state index contributed by atoms with van der Waals surface area (Å²) in [4.78, 5) is 24.8. The number of hydrogen-bond acceptors (Lipinski definition) is 7. The summed E-state index contributed by atoms with van der Waals surface area (Å²) in [6.07, 6.45) is 3.91. The van der Waals surface area contributed by atoms with Crippen molar-refractivity contribution in [3.05, 3.63) is 35.0 Å². The van der Waals surface area contributed by atoms with Crippen molar-refractivity contribution in [1.82, 2.24) is 14.8 Å². The molecule has 0 bridgehead atoms. The van der Waals surface area contributed by atoms with Gasteiger partial charge < -0.3 is 14.6 Å². The molecule has 1 N–H and O–H groups in total. The number of nitrogens with zero attached hydrogens (tertiary/aromatic N) is 3. The lowest BCUT2D eigenvalue weighted by Gasteiger charge is -2.08. The van der Waals surface area contributed by atoms with E-state index in [4.69, 9.17) is 4.74 Å². The number of anilines is 1. The van der Waals surface area contributed by atoms with Crippen molar-refractivity contribution in [2.75, 3.05) is 17.7 Å². The zero-order chi connectivity index (χ0) is 19.4. The molecule has 2 heterocycles. The fourth-order valence-electron chi connectivity index (χ4n) is 2.67. The number of allylic oxidation sites excluding steroid dienone is 1. The Morgan fingerprint density at radius 2 is 2.26 bits per heavy atom. The minimum atomic E-state index is -0.370. The standard InChI is InChI=1S/C18H22N4O3S2/c1-4-8-22-11(3)20-21-18(22)27-10-14(23)19-16-15(17(24)25-5-2)13(9-26-16)12-6-7-12/h4,9,12H,1,5-8,10H2,2-3H3,(H,19,23). The molecule has 1 aliphatic carbocycles. The van der Waals surface area contributed by atoms with E-state index in [1.165, 1.54) is 23.1 Å². The van der Waals surface area contributed by atoms with Crippen LogP contribution >= 0.6 is 23.1 Å². The van der Waals surface area contributed by atoms with Crippen LogP contribution in [0.1, 0.15) is 47.4 Å². The second-order valence-corrected chi connectivity index (χ2v) is 7.98. The van der Waals surface area contributed by atoms with E-state index in [-0.39, 0.29) is 17.6 Å². The van der Waals surface area contributed by atoms with E-state index in [0.717, 1.165) is 24.2 Å². The largest absolute Gasteiger partial charge is 0.462 e. The summed E-state index contributed by atoms with van der Waals surface area (Å²) in [5.41, 5.74) is 1.50. The molecule has 0 saturated heterocycles. The predicted octanol–water partition coefficient (Wildman–Crippen LogP) is 3.62. The molecule has 1 fully saturated rings. The van der Waals surface area contributed by atoms with Crippen LogP contribution in [0.5, 0.6) is 0 Å². The summed E-state index contributed by atoms with van der Waals surface area (Å²) in [6, 6.07) is 0. The highest BCUT2D eigenvalue weighted by Gasteiger charge is 2.32. The number of carbonyl (C=O) groups is 2. The number of carbonyl (C=O) groups excluding carboxylic acids is 2. The minimum Gasteiger partial charge on any atom is -0.462 e. The Morgan fingerprint density at radius 1 is 1.48 bits per heavy atom. The molecular formula is C18H22N4O3S2. The molecule has 0 atom stereocenters. The first-order valence-electron chi connectivity index (χ1n) is 8.77. The van der Waals surface area contributed by atoms with Crippen molar-refractivity contribution in [1.29, 1.82) is 0 Å². The second-order valence-electron chi connectivity index (χ2n) is 6.16. The van der Waals surface area contributed by atoms with Crippen LogP contribution in [0.4, 0.5) is 5.00 Å². The van der Waals surface area contributed by atoms with Crippen LogP contribution in [-0.4, -0.2) is 39.0 Å². The maximum atomic E-state index is 12.4. The third-order valence-electron chi connectivity index (χ3n) is 4.11. The first-order valence-corrected chi connectivity index (χ1v) is 10.6. The van der Waals surface area contributed by atoms with Crippen molar-refractivity contribution in [3.8, 4) is 0 Å². The topological polar surface area (TPSA) is 86.1 Å². The lowest BCUT2D eigenvalue weighted by atomic mass is 10.1. The maximum Gasteiger partial charge on any atom is 0.341 e. The summed E-state index contributed by atoms with van der Waals surface area (Å²) in [5, 5.41) is 14.2. The second kappa shape index (κ2) is 8.71. The molecule has 2 aromatic heterocycles. The lowest BCUT2D eigenvalue weighted by molar-refractivity contribution is -0.113. The Hall–Kier alpha value is -2.13. The van der Waals surface area contributed by atoms with Gasteiger partial charge in [-0.05, 0) is 43.6 Å². The molecule has 9 heteroatoms. The normalized spacial score (nSPS) is 13.4. The third kappa shape index (κ3) is 4.59. The maximum absolute atomic E-state index is 12.4. The number of esters is 1. The van der Waals surface area contributed by atoms with Gasteiger partial charge in [0.2, 0.25) is 5.91 Å². The number of aryl methyl sites for hydroxylation is 1. The number of aromatic nitrogens is 3. The van der Waals surface area contributed by atoms with Crippen LogP contribution in [0.3, 0.4) is 0 Å². The van der Waals surface area contributed by atoms with E-state index in [1.807, 2.05) is 16.9 Å². The highest BCUT2D eigenvalue weighted by molar-refractivity contribution is 7.99. The smallest absolute Gasteiger partial charge is 0.341 e. The van der Waals surface area contributed by atoms with E-state index in [9.17, 15) is 9.59 Å². The number of amides is 1. The number of rotatable bonds is 9. The Morgan fingerprint density at radius 3 is 2.93 bits per heavy atom. The molecule has 0 unspecified atom stereocenters. The SMILES string of the molecule is C=CCn1c(C)nnc1SCC(=O)Nc1scc(C2CC2)c1C(=O)OCC. The molecule has 1 amide bonds. The molecule has 7 nitrogen and oxygen atoms in total. The fraction of sp³-hybridized carbons (Fsp3) is 0.444. The summed E-state index contributed by atoms with van der Waals surface area (Å²) < 4.78 is 7.08. The van der Waals surface area contributed by atoms with Crippen molar-refractivity contribution in [2.24, 2.45) is 0 Å². The molecule has 0 aliphatic heterocycles.